The molecule has 1 aliphatic heterocycles. The van der Waals surface area contributed by atoms with Gasteiger partial charge in [0, 0.05) is 12.6 Å². The maximum atomic E-state index is 11.2. The Morgan fingerprint density at radius 1 is 1.71 bits per heavy atom. The van der Waals surface area contributed by atoms with Crippen molar-refractivity contribution in [2.45, 2.75) is 32.2 Å². The second-order valence-corrected chi connectivity index (χ2v) is 3.65. The Morgan fingerprint density at radius 3 is 3.07 bits per heavy atom. The van der Waals surface area contributed by atoms with Crippen molar-refractivity contribution in [2.75, 3.05) is 19.8 Å². The molecule has 14 heavy (non-hydrogen) atoms. The Balaban J connectivity index is 2.25. The van der Waals surface area contributed by atoms with E-state index in [0.717, 1.165) is 19.4 Å². The molecule has 1 rings (SSSR count). The fourth-order valence-electron chi connectivity index (χ4n) is 1.68. The molecule has 1 heterocycles. The van der Waals surface area contributed by atoms with Gasteiger partial charge in [-0.3, -0.25) is 4.79 Å². The van der Waals surface area contributed by atoms with E-state index < -0.39 is 0 Å². The van der Waals surface area contributed by atoms with E-state index in [1.807, 2.05) is 0 Å². The summed E-state index contributed by atoms with van der Waals surface area (Å²) in [6.45, 7) is 3.73. The molecule has 1 fully saturated rings. The lowest BCUT2D eigenvalue weighted by Crippen LogP contribution is -2.37. The van der Waals surface area contributed by atoms with Gasteiger partial charge in [0.15, 0.2) is 0 Å². The summed E-state index contributed by atoms with van der Waals surface area (Å²) in [7, 11) is 0. The SMILES string of the molecule is CCOC(=O)C[C@H](N)C1CCCOC1. The van der Waals surface area contributed by atoms with E-state index in [1.165, 1.54) is 0 Å². The van der Waals surface area contributed by atoms with Crippen molar-refractivity contribution in [1.29, 1.82) is 0 Å². The van der Waals surface area contributed by atoms with Crippen LogP contribution in [-0.4, -0.2) is 31.8 Å². The second-order valence-electron chi connectivity index (χ2n) is 3.65. The van der Waals surface area contributed by atoms with Crippen molar-refractivity contribution in [2.24, 2.45) is 11.7 Å². The quantitative estimate of drug-likeness (QED) is 0.680. The summed E-state index contributed by atoms with van der Waals surface area (Å²) in [5.74, 6) is 0.110. The van der Waals surface area contributed by atoms with Gasteiger partial charge in [0.25, 0.3) is 0 Å². The van der Waals surface area contributed by atoms with Gasteiger partial charge in [0.2, 0.25) is 0 Å². The molecule has 1 aliphatic rings. The zero-order valence-corrected chi connectivity index (χ0v) is 8.70. The van der Waals surface area contributed by atoms with E-state index in [0.29, 0.717) is 25.6 Å². The molecule has 1 unspecified atom stereocenters. The number of esters is 1. The van der Waals surface area contributed by atoms with Crippen LogP contribution in [0.4, 0.5) is 0 Å². The average molecular weight is 201 g/mol. The molecule has 82 valence electrons. The molecule has 0 bridgehead atoms. The van der Waals surface area contributed by atoms with E-state index in [9.17, 15) is 4.79 Å². The molecule has 1 saturated heterocycles. The van der Waals surface area contributed by atoms with Gasteiger partial charge in [-0.25, -0.2) is 0 Å². The average Bonchev–Trinajstić information content (AvgIpc) is 2.19. The lowest BCUT2D eigenvalue weighted by Gasteiger charge is -2.26. The molecular weight excluding hydrogens is 182 g/mol. The number of hydrogen-bond acceptors (Lipinski definition) is 4. The van der Waals surface area contributed by atoms with Gasteiger partial charge in [-0.15, -0.1) is 0 Å². The third-order valence-corrected chi connectivity index (χ3v) is 2.51. The van der Waals surface area contributed by atoms with Crippen LogP contribution < -0.4 is 5.73 Å². The minimum absolute atomic E-state index is 0.116. The Labute approximate surface area is 84.7 Å². The Hall–Kier alpha value is -0.610. The van der Waals surface area contributed by atoms with Gasteiger partial charge < -0.3 is 15.2 Å². The van der Waals surface area contributed by atoms with Crippen molar-refractivity contribution >= 4 is 5.97 Å². The van der Waals surface area contributed by atoms with Crippen LogP contribution in [0.5, 0.6) is 0 Å². The van der Waals surface area contributed by atoms with Crippen molar-refractivity contribution in [3.05, 3.63) is 0 Å². The van der Waals surface area contributed by atoms with Crippen LogP contribution in [0.2, 0.25) is 0 Å². The van der Waals surface area contributed by atoms with Crippen molar-refractivity contribution in [3.63, 3.8) is 0 Å². The van der Waals surface area contributed by atoms with Crippen molar-refractivity contribution in [1.82, 2.24) is 0 Å². The zero-order chi connectivity index (χ0) is 10.4. The molecule has 0 radical (unpaired) electrons. The summed E-state index contributed by atoms with van der Waals surface area (Å²) in [4.78, 5) is 11.2. The number of carbonyl (C=O) groups is 1. The fourth-order valence-corrected chi connectivity index (χ4v) is 1.68. The predicted molar refractivity (Wildman–Crippen MR) is 52.8 cm³/mol. The molecule has 0 aromatic carbocycles. The summed E-state index contributed by atoms with van der Waals surface area (Å²) in [5, 5.41) is 0. The number of ether oxygens (including phenoxy) is 2. The first-order chi connectivity index (χ1) is 6.74. The summed E-state index contributed by atoms with van der Waals surface area (Å²) in [5.41, 5.74) is 5.90. The largest absolute Gasteiger partial charge is 0.466 e. The minimum Gasteiger partial charge on any atom is -0.466 e. The van der Waals surface area contributed by atoms with E-state index >= 15 is 0 Å². The molecule has 2 atom stereocenters. The number of hydrogen-bond donors (Lipinski definition) is 1. The Morgan fingerprint density at radius 2 is 2.50 bits per heavy atom. The smallest absolute Gasteiger partial charge is 0.307 e. The van der Waals surface area contributed by atoms with Gasteiger partial charge in [-0.1, -0.05) is 0 Å². The molecule has 0 aromatic rings. The lowest BCUT2D eigenvalue weighted by atomic mass is 9.92. The summed E-state index contributed by atoms with van der Waals surface area (Å²) in [6, 6.07) is -0.116. The summed E-state index contributed by atoms with van der Waals surface area (Å²) < 4.78 is 10.2. The molecule has 4 heteroatoms. The fraction of sp³-hybridized carbons (Fsp3) is 0.900. The Kier molecular flexibility index (Phi) is 4.90. The van der Waals surface area contributed by atoms with Gasteiger partial charge in [-0.05, 0) is 25.7 Å². The molecule has 2 N–H and O–H groups in total. The molecule has 0 aliphatic carbocycles. The second kappa shape index (κ2) is 5.98. The van der Waals surface area contributed by atoms with E-state index in [-0.39, 0.29) is 12.0 Å². The van der Waals surface area contributed by atoms with Crippen LogP contribution in [0.1, 0.15) is 26.2 Å². The topological polar surface area (TPSA) is 61.5 Å². The van der Waals surface area contributed by atoms with Gasteiger partial charge >= 0.3 is 5.97 Å². The van der Waals surface area contributed by atoms with Crippen molar-refractivity contribution in [3.8, 4) is 0 Å². The van der Waals surface area contributed by atoms with Crippen molar-refractivity contribution < 1.29 is 14.3 Å². The van der Waals surface area contributed by atoms with Gasteiger partial charge in [-0.2, -0.15) is 0 Å². The van der Waals surface area contributed by atoms with Gasteiger partial charge in [0.1, 0.15) is 0 Å². The highest BCUT2D eigenvalue weighted by Gasteiger charge is 2.23. The van der Waals surface area contributed by atoms with E-state index in [4.69, 9.17) is 15.2 Å². The Bertz CT molecular complexity index is 178. The van der Waals surface area contributed by atoms with Crippen LogP contribution in [0.15, 0.2) is 0 Å². The van der Waals surface area contributed by atoms with E-state index in [1.54, 1.807) is 6.92 Å². The highest BCUT2D eigenvalue weighted by Crippen LogP contribution is 2.18. The summed E-state index contributed by atoms with van der Waals surface area (Å²) >= 11 is 0. The zero-order valence-electron chi connectivity index (χ0n) is 8.70. The van der Waals surface area contributed by atoms with Crippen LogP contribution >= 0.6 is 0 Å². The molecule has 4 nitrogen and oxygen atoms in total. The normalized spacial score (nSPS) is 24.3. The first kappa shape index (κ1) is 11.5. The number of carbonyl (C=O) groups excluding carboxylic acids is 1. The third kappa shape index (κ3) is 3.64. The third-order valence-electron chi connectivity index (χ3n) is 2.51. The first-order valence-electron chi connectivity index (χ1n) is 5.23. The van der Waals surface area contributed by atoms with E-state index in [2.05, 4.69) is 0 Å². The van der Waals surface area contributed by atoms with Crippen LogP contribution in [0.3, 0.4) is 0 Å². The maximum Gasteiger partial charge on any atom is 0.307 e. The van der Waals surface area contributed by atoms with Crippen LogP contribution in [0, 0.1) is 5.92 Å². The maximum absolute atomic E-state index is 11.2. The number of rotatable bonds is 4. The predicted octanol–water partition coefficient (Wildman–Crippen LogP) is 0.694. The highest BCUT2D eigenvalue weighted by atomic mass is 16.5. The molecule has 0 amide bonds. The van der Waals surface area contributed by atoms with Gasteiger partial charge in [0.05, 0.1) is 19.6 Å². The molecule has 0 saturated carbocycles. The first-order valence-corrected chi connectivity index (χ1v) is 5.23. The highest BCUT2D eigenvalue weighted by molar-refractivity contribution is 5.70. The summed E-state index contributed by atoms with van der Waals surface area (Å²) in [6.07, 6.45) is 2.41. The standard InChI is InChI=1S/C10H19NO3/c1-2-14-10(12)6-9(11)8-4-3-5-13-7-8/h8-9H,2-7,11H2,1H3/t8?,9-/m0/s1. The van der Waals surface area contributed by atoms with Crippen LogP contribution in [-0.2, 0) is 14.3 Å². The molecule has 0 spiro atoms. The molecular formula is C10H19NO3. The van der Waals surface area contributed by atoms with Crippen LogP contribution in [0.25, 0.3) is 0 Å². The minimum atomic E-state index is -0.203. The molecule has 0 aromatic heterocycles. The lowest BCUT2D eigenvalue weighted by molar-refractivity contribution is -0.144. The number of nitrogens with two attached hydrogens (primary N) is 1. The monoisotopic (exact) mass is 201 g/mol.